The Morgan fingerprint density at radius 1 is 1.26 bits per heavy atom. The Kier molecular flexibility index (Phi) is 5.79. The summed E-state index contributed by atoms with van der Waals surface area (Å²) in [6, 6.07) is 6.10. The van der Waals surface area contributed by atoms with E-state index in [0.717, 1.165) is 10.7 Å². The van der Waals surface area contributed by atoms with Gasteiger partial charge in [-0.1, -0.05) is 36.4 Å². The number of hydrogen-bond donors (Lipinski definition) is 1. The molecule has 1 rings (SSSR count). The molecule has 4 nitrogen and oxygen atoms in total. The van der Waals surface area contributed by atoms with E-state index in [0.29, 0.717) is 11.5 Å². The normalized spacial score (nSPS) is 13.3. The number of amides is 1. The summed E-state index contributed by atoms with van der Waals surface area (Å²) >= 11 is 2.24. The third-order valence-electron chi connectivity index (χ3n) is 2.83. The second-order valence-electron chi connectivity index (χ2n) is 4.77. The maximum absolute atomic E-state index is 12.0. The van der Waals surface area contributed by atoms with Gasteiger partial charge in [0.1, 0.15) is 0 Å². The lowest BCUT2D eigenvalue weighted by Crippen LogP contribution is -2.39. The summed E-state index contributed by atoms with van der Waals surface area (Å²) in [4.78, 5) is 12.2. The Morgan fingerprint density at radius 3 is 2.16 bits per heavy atom. The van der Waals surface area contributed by atoms with Gasteiger partial charge in [0.05, 0.1) is 4.90 Å². The molecule has 0 aliphatic heterocycles. The standard InChI is InChI=1S/C13H18INO3S/c1-9(2)12(8-14)15-13(16)10-4-6-11(7-5-10)19(3,17)18/h4-7,9,12H,8H2,1-3H3,(H,15,16). The topological polar surface area (TPSA) is 63.2 Å². The van der Waals surface area contributed by atoms with Crippen molar-refractivity contribution in [2.24, 2.45) is 5.92 Å². The average Bonchev–Trinajstić information content (AvgIpc) is 2.34. The molecule has 1 unspecified atom stereocenters. The summed E-state index contributed by atoms with van der Waals surface area (Å²) in [5, 5.41) is 2.94. The van der Waals surface area contributed by atoms with Gasteiger partial charge >= 0.3 is 0 Å². The first-order valence-corrected chi connectivity index (χ1v) is 9.34. The highest BCUT2D eigenvalue weighted by atomic mass is 127. The highest BCUT2D eigenvalue weighted by Crippen LogP contribution is 2.11. The molecule has 0 aliphatic rings. The lowest BCUT2D eigenvalue weighted by molar-refractivity contribution is 0.0932. The molecule has 0 aromatic heterocycles. The van der Waals surface area contributed by atoms with E-state index in [2.05, 4.69) is 41.8 Å². The van der Waals surface area contributed by atoms with E-state index < -0.39 is 9.84 Å². The zero-order chi connectivity index (χ0) is 14.6. The van der Waals surface area contributed by atoms with Crippen LogP contribution in [0.1, 0.15) is 24.2 Å². The molecule has 19 heavy (non-hydrogen) atoms. The Balaban J connectivity index is 2.84. The van der Waals surface area contributed by atoms with Crippen LogP contribution in [0.5, 0.6) is 0 Å². The number of nitrogens with one attached hydrogen (secondary N) is 1. The van der Waals surface area contributed by atoms with E-state index in [1.807, 2.05) is 0 Å². The van der Waals surface area contributed by atoms with Crippen LogP contribution in [0.25, 0.3) is 0 Å². The Bertz CT molecular complexity index is 538. The first-order chi connectivity index (χ1) is 8.75. The van der Waals surface area contributed by atoms with Gasteiger partial charge in [-0.2, -0.15) is 0 Å². The molecule has 0 saturated carbocycles. The van der Waals surface area contributed by atoms with Crippen LogP contribution in [0.15, 0.2) is 29.2 Å². The largest absolute Gasteiger partial charge is 0.348 e. The van der Waals surface area contributed by atoms with Gasteiger partial charge in [-0.3, -0.25) is 4.79 Å². The molecule has 0 spiro atoms. The predicted octanol–water partition coefficient (Wildman–Crippen LogP) is 2.28. The van der Waals surface area contributed by atoms with Crippen LogP contribution in [0.4, 0.5) is 0 Å². The molecule has 106 valence electrons. The zero-order valence-corrected chi connectivity index (χ0v) is 14.2. The summed E-state index contributed by atoms with van der Waals surface area (Å²) in [5.41, 5.74) is 0.475. The minimum absolute atomic E-state index is 0.114. The fourth-order valence-corrected chi connectivity index (χ4v) is 3.36. The van der Waals surface area contributed by atoms with Gasteiger partial charge in [0.25, 0.3) is 5.91 Å². The van der Waals surface area contributed by atoms with E-state index in [-0.39, 0.29) is 16.8 Å². The molecular weight excluding hydrogens is 377 g/mol. The Hall–Kier alpha value is -0.630. The number of hydrogen-bond acceptors (Lipinski definition) is 3. The van der Waals surface area contributed by atoms with Gasteiger partial charge in [-0.05, 0) is 30.2 Å². The molecule has 6 heteroatoms. The van der Waals surface area contributed by atoms with E-state index in [4.69, 9.17) is 0 Å². The van der Waals surface area contributed by atoms with Gasteiger partial charge in [0.2, 0.25) is 0 Å². The molecule has 1 aromatic carbocycles. The van der Waals surface area contributed by atoms with Crippen molar-refractivity contribution in [1.29, 1.82) is 0 Å². The molecule has 1 N–H and O–H groups in total. The van der Waals surface area contributed by atoms with Crippen LogP contribution < -0.4 is 5.32 Å². The van der Waals surface area contributed by atoms with Gasteiger partial charge < -0.3 is 5.32 Å². The lowest BCUT2D eigenvalue weighted by atomic mass is 10.1. The zero-order valence-electron chi connectivity index (χ0n) is 11.2. The minimum atomic E-state index is -3.22. The quantitative estimate of drug-likeness (QED) is 0.615. The number of carbonyl (C=O) groups is 1. The van der Waals surface area contributed by atoms with E-state index in [1.165, 1.54) is 24.3 Å². The van der Waals surface area contributed by atoms with Gasteiger partial charge in [0, 0.05) is 22.3 Å². The first-order valence-electron chi connectivity index (χ1n) is 5.92. The number of sulfone groups is 1. The number of carbonyl (C=O) groups excluding carboxylic acids is 1. The molecular formula is C13H18INO3S. The third kappa shape index (κ3) is 4.76. The highest BCUT2D eigenvalue weighted by molar-refractivity contribution is 14.1. The molecule has 0 fully saturated rings. The van der Waals surface area contributed by atoms with E-state index in [9.17, 15) is 13.2 Å². The second kappa shape index (κ2) is 6.69. The minimum Gasteiger partial charge on any atom is -0.348 e. The van der Waals surface area contributed by atoms with Crippen LogP contribution in [-0.2, 0) is 9.84 Å². The SMILES string of the molecule is CC(C)C(CI)NC(=O)c1ccc(S(C)(=O)=O)cc1. The summed E-state index contributed by atoms with van der Waals surface area (Å²) in [7, 11) is -3.22. The van der Waals surface area contributed by atoms with Crippen LogP contribution in [0, 0.1) is 5.92 Å². The fourth-order valence-electron chi connectivity index (χ4n) is 1.49. The summed E-state index contributed by atoms with van der Waals surface area (Å²) in [6.45, 7) is 4.10. The second-order valence-corrected chi connectivity index (χ2v) is 7.67. The Morgan fingerprint density at radius 2 is 1.79 bits per heavy atom. The molecule has 1 aromatic rings. The number of rotatable bonds is 5. The molecule has 0 bridgehead atoms. The van der Waals surface area contributed by atoms with Crippen LogP contribution in [-0.4, -0.2) is 31.1 Å². The maximum Gasteiger partial charge on any atom is 0.251 e. The summed E-state index contributed by atoms with van der Waals surface area (Å²) < 4.78 is 23.5. The number of alkyl halides is 1. The van der Waals surface area contributed by atoms with Crippen molar-refractivity contribution < 1.29 is 13.2 Å². The fraction of sp³-hybridized carbons (Fsp3) is 0.462. The first kappa shape index (κ1) is 16.4. The number of benzene rings is 1. The van der Waals surface area contributed by atoms with Crippen molar-refractivity contribution in [2.75, 3.05) is 10.7 Å². The Labute approximate surface area is 128 Å². The predicted molar refractivity (Wildman–Crippen MR) is 84.5 cm³/mol. The van der Waals surface area contributed by atoms with Crippen LogP contribution in [0.3, 0.4) is 0 Å². The van der Waals surface area contributed by atoms with Crippen molar-refractivity contribution in [3.05, 3.63) is 29.8 Å². The van der Waals surface area contributed by atoms with E-state index in [1.54, 1.807) is 0 Å². The van der Waals surface area contributed by atoms with Crippen molar-refractivity contribution in [3.8, 4) is 0 Å². The van der Waals surface area contributed by atoms with Crippen molar-refractivity contribution in [1.82, 2.24) is 5.32 Å². The monoisotopic (exact) mass is 395 g/mol. The van der Waals surface area contributed by atoms with Crippen molar-refractivity contribution >= 4 is 38.3 Å². The summed E-state index contributed by atoms with van der Waals surface area (Å²) in [5.74, 6) is 0.187. The van der Waals surface area contributed by atoms with Crippen molar-refractivity contribution in [2.45, 2.75) is 24.8 Å². The molecule has 0 heterocycles. The lowest BCUT2D eigenvalue weighted by Gasteiger charge is -2.19. The average molecular weight is 395 g/mol. The number of halogens is 1. The van der Waals surface area contributed by atoms with Crippen LogP contribution >= 0.6 is 22.6 Å². The smallest absolute Gasteiger partial charge is 0.251 e. The molecule has 1 amide bonds. The van der Waals surface area contributed by atoms with Gasteiger partial charge in [0.15, 0.2) is 9.84 Å². The van der Waals surface area contributed by atoms with Gasteiger partial charge in [-0.25, -0.2) is 8.42 Å². The molecule has 0 aliphatic carbocycles. The van der Waals surface area contributed by atoms with Gasteiger partial charge in [-0.15, -0.1) is 0 Å². The molecule has 0 saturated heterocycles. The third-order valence-corrected chi connectivity index (χ3v) is 4.91. The van der Waals surface area contributed by atoms with E-state index >= 15 is 0 Å². The highest BCUT2D eigenvalue weighted by Gasteiger charge is 2.16. The summed E-state index contributed by atoms with van der Waals surface area (Å²) in [6.07, 6.45) is 1.15. The van der Waals surface area contributed by atoms with Crippen LogP contribution in [0.2, 0.25) is 0 Å². The molecule has 1 atom stereocenters. The van der Waals surface area contributed by atoms with Crippen molar-refractivity contribution in [3.63, 3.8) is 0 Å². The molecule has 0 radical (unpaired) electrons. The maximum atomic E-state index is 12.0.